The van der Waals surface area contributed by atoms with Gasteiger partial charge in [0.25, 0.3) is 0 Å². The van der Waals surface area contributed by atoms with E-state index in [1.54, 1.807) is 0 Å². The molecular weight excluding hydrogens is 486 g/mol. The highest BCUT2D eigenvalue weighted by molar-refractivity contribution is 6.13. The van der Waals surface area contributed by atoms with Gasteiger partial charge in [0.15, 0.2) is 0 Å². The number of hydrogen-bond acceptors (Lipinski definition) is 1. The van der Waals surface area contributed by atoms with Crippen LogP contribution in [0.15, 0.2) is 140 Å². The lowest BCUT2D eigenvalue weighted by molar-refractivity contribution is 1.18. The van der Waals surface area contributed by atoms with Crippen LogP contribution in [0.25, 0.3) is 66.1 Å². The third-order valence-electron chi connectivity index (χ3n) is 7.92. The van der Waals surface area contributed by atoms with Gasteiger partial charge in [0.1, 0.15) is 6.07 Å². The van der Waals surface area contributed by atoms with Crippen molar-refractivity contribution in [3.8, 4) is 28.6 Å². The molecule has 0 amide bonds. The molecule has 0 saturated heterocycles. The third kappa shape index (κ3) is 3.24. The summed E-state index contributed by atoms with van der Waals surface area (Å²) in [6, 6.07) is 51.2. The minimum absolute atomic E-state index is 0.666. The van der Waals surface area contributed by atoms with Crippen molar-refractivity contribution in [3.63, 3.8) is 0 Å². The summed E-state index contributed by atoms with van der Waals surface area (Å²) in [7, 11) is 0. The summed E-state index contributed by atoms with van der Waals surface area (Å²) < 4.78 is 4.54. The fraction of sp³-hybridized carbons (Fsp3) is 0. The summed E-state index contributed by atoms with van der Waals surface area (Å²) in [6.45, 7) is 0. The Kier molecular flexibility index (Phi) is 4.89. The molecule has 0 atom stereocenters. The number of hydrogen-bond donors (Lipinski definition) is 0. The first kappa shape index (κ1) is 22.4. The Labute approximate surface area is 231 Å². The van der Waals surface area contributed by atoms with Crippen LogP contribution >= 0.6 is 0 Å². The normalized spacial score (nSPS) is 11.5. The minimum atomic E-state index is 0.666. The van der Waals surface area contributed by atoms with Gasteiger partial charge in [0, 0.05) is 32.9 Å². The Balaban J connectivity index is 1.41. The fourth-order valence-corrected chi connectivity index (χ4v) is 6.20. The Hall–Kier alpha value is -5.59. The second-order valence-corrected chi connectivity index (χ2v) is 10.1. The summed E-state index contributed by atoms with van der Waals surface area (Å²) in [6.07, 6.45) is 0. The molecule has 0 N–H and O–H groups in total. The molecule has 0 radical (unpaired) electrons. The highest BCUT2D eigenvalue weighted by Crippen LogP contribution is 2.39. The largest absolute Gasteiger partial charge is 0.309 e. The average molecular weight is 510 g/mol. The number of para-hydroxylation sites is 4. The molecule has 0 unspecified atom stereocenters. The lowest BCUT2D eigenvalue weighted by Gasteiger charge is -2.10. The molecule has 0 bridgehead atoms. The molecule has 2 aromatic heterocycles. The molecule has 0 saturated carbocycles. The second kappa shape index (κ2) is 8.73. The summed E-state index contributed by atoms with van der Waals surface area (Å²) in [5.74, 6) is 0. The number of benzene rings is 6. The van der Waals surface area contributed by atoms with Crippen LogP contribution in [0.4, 0.5) is 0 Å². The zero-order chi connectivity index (χ0) is 26.6. The molecule has 3 heteroatoms. The number of nitriles is 1. The van der Waals surface area contributed by atoms with E-state index in [2.05, 4.69) is 124 Å². The van der Waals surface area contributed by atoms with E-state index in [9.17, 15) is 5.26 Å². The van der Waals surface area contributed by atoms with Crippen LogP contribution in [0.5, 0.6) is 0 Å². The van der Waals surface area contributed by atoms with Gasteiger partial charge in [-0.2, -0.15) is 5.26 Å². The fourth-order valence-electron chi connectivity index (χ4n) is 6.20. The van der Waals surface area contributed by atoms with Gasteiger partial charge in [-0.1, -0.05) is 78.9 Å². The lowest BCUT2D eigenvalue weighted by Crippen LogP contribution is -1.95. The van der Waals surface area contributed by atoms with Gasteiger partial charge in [0.05, 0.1) is 27.6 Å². The van der Waals surface area contributed by atoms with E-state index >= 15 is 0 Å². The van der Waals surface area contributed by atoms with E-state index in [1.165, 1.54) is 21.8 Å². The lowest BCUT2D eigenvalue weighted by atomic mass is 9.98. The Morgan fingerprint density at radius 2 is 0.950 bits per heavy atom. The van der Waals surface area contributed by atoms with Crippen molar-refractivity contribution in [1.29, 1.82) is 5.26 Å². The number of rotatable bonds is 3. The molecule has 0 aliphatic heterocycles. The molecule has 8 aromatic rings. The van der Waals surface area contributed by atoms with Crippen LogP contribution < -0.4 is 0 Å². The molecule has 0 aliphatic rings. The summed E-state index contributed by atoms with van der Waals surface area (Å²) in [5.41, 5.74) is 9.38. The monoisotopic (exact) mass is 509 g/mol. The molecule has 40 heavy (non-hydrogen) atoms. The van der Waals surface area contributed by atoms with Crippen molar-refractivity contribution >= 4 is 43.6 Å². The first-order valence-corrected chi connectivity index (χ1v) is 13.4. The highest BCUT2D eigenvalue weighted by atomic mass is 15.0. The van der Waals surface area contributed by atoms with Gasteiger partial charge in [0.2, 0.25) is 0 Å². The van der Waals surface area contributed by atoms with E-state index in [1.807, 2.05) is 30.3 Å². The van der Waals surface area contributed by atoms with Crippen LogP contribution in [0.3, 0.4) is 0 Å². The number of aromatic nitrogens is 2. The van der Waals surface area contributed by atoms with E-state index in [-0.39, 0.29) is 0 Å². The van der Waals surface area contributed by atoms with Crippen molar-refractivity contribution in [1.82, 2.24) is 9.13 Å². The zero-order valence-corrected chi connectivity index (χ0v) is 21.6. The maximum atomic E-state index is 10.4. The molecule has 0 aliphatic carbocycles. The van der Waals surface area contributed by atoms with Gasteiger partial charge in [-0.3, -0.25) is 0 Å². The summed E-state index contributed by atoms with van der Waals surface area (Å²) >= 11 is 0. The number of nitrogens with zero attached hydrogens (tertiary/aromatic N) is 3. The predicted octanol–water partition coefficient (Wildman–Crippen LogP) is 9.42. The van der Waals surface area contributed by atoms with Crippen LogP contribution in [-0.2, 0) is 0 Å². The minimum Gasteiger partial charge on any atom is -0.309 e. The highest BCUT2D eigenvalue weighted by Gasteiger charge is 2.18. The van der Waals surface area contributed by atoms with Crippen molar-refractivity contribution in [3.05, 3.63) is 145 Å². The Bertz CT molecular complexity index is 2260. The van der Waals surface area contributed by atoms with Gasteiger partial charge >= 0.3 is 0 Å². The van der Waals surface area contributed by atoms with Crippen LogP contribution in [-0.4, -0.2) is 9.13 Å². The standard InChI is InChI=1S/C37H23N3/c38-24-27-21-26(23-33-31-16-8-10-18-35(31)40(37(27)33)29-13-5-2-6-14-29)25-19-20-36-32(22-25)30-15-7-9-17-34(30)39(36)28-11-3-1-4-12-28/h1-23H. The Morgan fingerprint density at radius 3 is 1.62 bits per heavy atom. The Morgan fingerprint density at radius 1 is 0.425 bits per heavy atom. The molecule has 6 aromatic carbocycles. The van der Waals surface area contributed by atoms with E-state index < -0.39 is 0 Å². The molecule has 8 rings (SSSR count). The topological polar surface area (TPSA) is 33.6 Å². The smallest absolute Gasteiger partial charge is 0.101 e. The number of fused-ring (bicyclic) bond motifs is 6. The van der Waals surface area contributed by atoms with Gasteiger partial charge in [-0.25, -0.2) is 0 Å². The van der Waals surface area contributed by atoms with Crippen molar-refractivity contribution in [2.45, 2.75) is 0 Å². The molecule has 0 fully saturated rings. The van der Waals surface area contributed by atoms with Crippen LogP contribution in [0, 0.1) is 11.3 Å². The quantitative estimate of drug-likeness (QED) is 0.233. The third-order valence-corrected chi connectivity index (χ3v) is 7.92. The van der Waals surface area contributed by atoms with Crippen molar-refractivity contribution < 1.29 is 0 Å². The van der Waals surface area contributed by atoms with E-state index in [4.69, 9.17) is 0 Å². The van der Waals surface area contributed by atoms with Gasteiger partial charge < -0.3 is 9.13 Å². The van der Waals surface area contributed by atoms with Crippen molar-refractivity contribution in [2.24, 2.45) is 0 Å². The second-order valence-electron chi connectivity index (χ2n) is 10.1. The maximum Gasteiger partial charge on any atom is 0.101 e. The van der Waals surface area contributed by atoms with Crippen molar-refractivity contribution in [2.75, 3.05) is 0 Å². The molecule has 2 heterocycles. The van der Waals surface area contributed by atoms with Crippen LogP contribution in [0.2, 0.25) is 0 Å². The predicted molar refractivity (Wildman–Crippen MR) is 165 cm³/mol. The zero-order valence-electron chi connectivity index (χ0n) is 21.6. The molecule has 0 spiro atoms. The average Bonchev–Trinajstić information content (AvgIpc) is 3.54. The van der Waals surface area contributed by atoms with Gasteiger partial charge in [-0.05, 0) is 71.8 Å². The summed E-state index contributed by atoms with van der Waals surface area (Å²) in [5, 5.41) is 15.0. The summed E-state index contributed by atoms with van der Waals surface area (Å²) in [4.78, 5) is 0. The first-order chi connectivity index (χ1) is 19.8. The van der Waals surface area contributed by atoms with E-state index in [0.717, 1.165) is 44.3 Å². The SMILES string of the molecule is N#Cc1cc(-c2ccc3c(c2)c2ccccc2n3-c2ccccc2)cc2c3ccccc3n(-c3ccccc3)c12. The van der Waals surface area contributed by atoms with E-state index in [0.29, 0.717) is 5.56 Å². The van der Waals surface area contributed by atoms with Gasteiger partial charge in [-0.15, -0.1) is 0 Å². The molecular formula is C37H23N3. The molecule has 3 nitrogen and oxygen atoms in total. The first-order valence-electron chi connectivity index (χ1n) is 13.4. The maximum absolute atomic E-state index is 10.4. The molecule has 186 valence electrons. The van der Waals surface area contributed by atoms with Crippen LogP contribution in [0.1, 0.15) is 5.56 Å².